The summed E-state index contributed by atoms with van der Waals surface area (Å²) in [5.41, 5.74) is 12.3. The number of hydrogen-bond donors (Lipinski definition) is 0. The van der Waals surface area contributed by atoms with E-state index in [4.69, 9.17) is 52.2 Å². The molecule has 1 saturated heterocycles. The summed E-state index contributed by atoms with van der Waals surface area (Å²) in [6.07, 6.45) is 7.24. The first-order valence-corrected chi connectivity index (χ1v) is 33.3. The van der Waals surface area contributed by atoms with Crippen LogP contribution in [0.15, 0.2) is 146 Å². The van der Waals surface area contributed by atoms with Crippen molar-refractivity contribution in [3.05, 3.63) is 234 Å². The highest BCUT2D eigenvalue weighted by molar-refractivity contribution is 6.01. The largest absolute Gasteiger partial charge is 0.534 e. The molecule has 0 saturated carbocycles. The number of hydroxylamine groups is 2. The number of imide groups is 1. The number of carbonyl (C=O) groups is 3. The first-order chi connectivity index (χ1) is 46.9. The van der Waals surface area contributed by atoms with Gasteiger partial charge in [-0.1, -0.05) is 128 Å². The zero-order chi connectivity index (χ0) is 68.6. The summed E-state index contributed by atoms with van der Waals surface area (Å²) in [5.74, 6) is 3.54. The Morgan fingerprint density at radius 3 is 1.02 bits per heavy atom. The Labute approximate surface area is 568 Å². The predicted octanol–water partition coefficient (Wildman–Crippen LogP) is 18.1. The van der Waals surface area contributed by atoms with Gasteiger partial charge in [-0.2, -0.15) is 0 Å². The van der Waals surface area contributed by atoms with Crippen molar-refractivity contribution < 1.29 is 71.5 Å². The van der Waals surface area contributed by atoms with Gasteiger partial charge in [0.15, 0.2) is 0 Å². The quantitative estimate of drug-likeness (QED) is 0.0117. The molecule has 0 spiro atoms. The lowest BCUT2D eigenvalue weighted by molar-refractivity contribution is -0.385. The summed E-state index contributed by atoms with van der Waals surface area (Å²) >= 11 is 0. The minimum atomic E-state index is -1.39. The van der Waals surface area contributed by atoms with Gasteiger partial charge in [-0.3, -0.25) is 24.5 Å². The van der Waals surface area contributed by atoms with Gasteiger partial charge in [-0.25, -0.2) is 4.79 Å². The van der Waals surface area contributed by atoms with Crippen LogP contribution in [0.4, 0.5) is 10.5 Å². The summed E-state index contributed by atoms with van der Waals surface area (Å²) in [6.45, 7) is 18.6. The molecule has 0 radical (unpaired) electrons. The minimum Gasteiger partial charge on any atom is -0.494 e. The Morgan fingerprint density at radius 2 is 0.680 bits per heavy atom. The van der Waals surface area contributed by atoms with Crippen molar-refractivity contribution in [3.8, 4) is 51.7 Å². The van der Waals surface area contributed by atoms with Crippen molar-refractivity contribution >= 4 is 23.7 Å². The van der Waals surface area contributed by atoms with E-state index >= 15 is 0 Å². The molecule has 9 rings (SSSR count). The van der Waals surface area contributed by atoms with E-state index in [0.717, 1.165) is 117 Å². The number of amides is 2. The van der Waals surface area contributed by atoms with E-state index in [1.165, 1.54) is 31.0 Å². The van der Waals surface area contributed by atoms with E-state index in [1.54, 1.807) is 18.2 Å². The number of rotatable bonds is 37. The Morgan fingerprint density at radius 1 is 0.371 bits per heavy atom. The van der Waals surface area contributed by atoms with Crippen LogP contribution < -0.4 is 42.6 Å². The van der Waals surface area contributed by atoms with E-state index in [2.05, 4.69) is 90.1 Å². The molecule has 18 nitrogen and oxygen atoms in total. The smallest absolute Gasteiger partial charge is 0.494 e. The number of hydrogen-bond acceptors (Lipinski definition) is 16. The van der Waals surface area contributed by atoms with E-state index < -0.39 is 29.5 Å². The maximum absolute atomic E-state index is 12.6. The molecule has 8 aromatic rings. The highest BCUT2D eigenvalue weighted by Crippen LogP contribution is 2.33. The fourth-order valence-electron chi connectivity index (χ4n) is 11.4. The zero-order valence-electron chi connectivity index (χ0n) is 56.9. The molecule has 0 unspecified atom stereocenters. The van der Waals surface area contributed by atoms with Crippen molar-refractivity contribution in [2.24, 2.45) is 0 Å². The van der Waals surface area contributed by atoms with Crippen LogP contribution in [0.1, 0.15) is 156 Å². The van der Waals surface area contributed by atoms with Gasteiger partial charge in [-0.15, -0.1) is 0 Å². The van der Waals surface area contributed by atoms with Crippen LogP contribution in [-0.2, 0) is 72.0 Å². The number of benzene rings is 8. The normalized spacial score (nSPS) is 11.9. The van der Waals surface area contributed by atoms with Gasteiger partial charge >= 0.3 is 6.16 Å². The summed E-state index contributed by atoms with van der Waals surface area (Å²) in [7, 11) is 0. The number of nitro groups is 1. The molecule has 2 amide bonds. The van der Waals surface area contributed by atoms with E-state index in [1.807, 2.05) is 74.5 Å². The van der Waals surface area contributed by atoms with E-state index in [9.17, 15) is 24.5 Å². The van der Waals surface area contributed by atoms with Crippen molar-refractivity contribution in [3.63, 3.8) is 0 Å². The molecule has 0 N–H and O–H groups in total. The standard InChI is InChI=1S/C79H88N2O16/c1-9-11-13-15-21-87-68-31-57(7)29-61(33-68)47-92-72-39-64(37-70(42-72)90-45-59-25-53(3)23-54(4)26-59)50-94-74-35-63(49-89-67-17-18-76(81(85)86)66(41-67)52-96-79(84)97-80-77(82)19-20-78(80)83)36-75(44-74)95-51-65-38-71(91-46-60-27-55(5)24-56(6)28-60)43-73(40-65)93-48-62-30-58(8)32-69(34-62)88-22-16-14-12-10-2/h17-18,23-44H,9-16,19-22,45-52H2,1-8H3. The predicted molar refractivity (Wildman–Crippen MR) is 369 cm³/mol. The number of unbranched alkanes of at least 4 members (excludes halogenated alkanes) is 6. The van der Waals surface area contributed by atoms with Crippen LogP contribution in [0.3, 0.4) is 0 Å². The molecule has 0 aromatic heterocycles. The molecule has 0 aliphatic carbocycles. The summed E-state index contributed by atoms with van der Waals surface area (Å²) < 4.78 is 63.3. The number of carbonyl (C=O) groups excluding carboxylic acids is 3. The number of ether oxygens (including phenoxy) is 10. The van der Waals surface area contributed by atoms with E-state index in [0.29, 0.717) is 71.6 Å². The summed E-state index contributed by atoms with van der Waals surface area (Å²) in [6, 6.07) is 45.8. The highest BCUT2D eigenvalue weighted by atomic mass is 16.8. The molecule has 0 bridgehead atoms. The number of nitrogens with zero attached hydrogens (tertiary/aromatic N) is 2. The number of nitro benzene ring substituents is 1. The average Bonchev–Trinajstić information content (AvgIpc) is 1.74. The number of aryl methyl sites for hydroxylation is 6. The van der Waals surface area contributed by atoms with Crippen LogP contribution in [0.2, 0.25) is 0 Å². The Kier molecular flexibility index (Phi) is 26.0. The Bertz CT molecular complexity index is 3760. The first-order valence-electron chi connectivity index (χ1n) is 33.3. The lowest BCUT2D eigenvalue weighted by Crippen LogP contribution is -2.32. The molecule has 97 heavy (non-hydrogen) atoms. The maximum Gasteiger partial charge on any atom is 0.534 e. The second-order valence-electron chi connectivity index (χ2n) is 24.8. The maximum atomic E-state index is 12.6. The summed E-state index contributed by atoms with van der Waals surface area (Å²) in [4.78, 5) is 53.2. The Hall–Kier alpha value is -10.2. The molecular formula is C79H88N2O16. The fraction of sp³-hybridized carbons (Fsp3) is 0.354. The average molecular weight is 1320 g/mol. The molecule has 510 valence electrons. The second-order valence-corrected chi connectivity index (χ2v) is 24.8. The van der Waals surface area contributed by atoms with Crippen LogP contribution in [0.5, 0.6) is 51.7 Å². The van der Waals surface area contributed by atoms with Crippen LogP contribution in [-0.4, -0.2) is 41.2 Å². The van der Waals surface area contributed by atoms with Crippen LogP contribution in [0, 0.1) is 51.7 Å². The zero-order valence-corrected chi connectivity index (χ0v) is 56.9. The van der Waals surface area contributed by atoms with E-state index in [-0.39, 0.29) is 62.9 Å². The highest BCUT2D eigenvalue weighted by Gasteiger charge is 2.34. The monoisotopic (exact) mass is 1320 g/mol. The van der Waals surface area contributed by atoms with Crippen molar-refractivity contribution in [1.29, 1.82) is 0 Å². The second kappa shape index (κ2) is 35.5. The molecule has 1 aliphatic heterocycles. The molecule has 0 atom stereocenters. The van der Waals surface area contributed by atoms with Crippen LogP contribution >= 0.6 is 0 Å². The van der Waals surface area contributed by atoms with Gasteiger partial charge in [0, 0.05) is 37.1 Å². The lowest BCUT2D eigenvalue weighted by Gasteiger charge is -2.17. The van der Waals surface area contributed by atoms with Crippen LogP contribution in [0.25, 0.3) is 0 Å². The van der Waals surface area contributed by atoms with Crippen molar-refractivity contribution in [2.75, 3.05) is 13.2 Å². The Balaban J connectivity index is 0.988. The topological polar surface area (TPSA) is 199 Å². The van der Waals surface area contributed by atoms with Gasteiger partial charge in [0.05, 0.1) is 23.7 Å². The summed E-state index contributed by atoms with van der Waals surface area (Å²) in [5, 5.41) is 12.5. The van der Waals surface area contributed by atoms with Crippen molar-refractivity contribution in [2.45, 2.75) is 172 Å². The van der Waals surface area contributed by atoms with Crippen molar-refractivity contribution in [1.82, 2.24) is 5.06 Å². The third kappa shape index (κ3) is 23.0. The van der Waals surface area contributed by atoms with Gasteiger partial charge in [0.2, 0.25) is 0 Å². The lowest BCUT2D eigenvalue weighted by atomic mass is 10.1. The molecule has 1 fully saturated rings. The van der Waals surface area contributed by atoms with Gasteiger partial charge < -0.3 is 47.4 Å². The molecule has 18 heteroatoms. The molecule has 1 heterocycles. The molecule has 1 aliphatic rings. The minimum absolute atomic E-state index is 0.0385. The first kappa shape index (κ1) is 71.1. The SMILES string of the molecule is CCCCCCOc1cc(C)cc(COc2cc(COc3cc(COc4ccc([N+](=O)[O-])c(COC(=O)ON5C(=O)CCC5=O)c4)cc(OCc4cc(OCc5cc(C)cc(C)c5)cc(OCc5cc(C)cc(OCCCCCC)c5)c4)c3)cc(OCc3cc(C)cc(C)c3)c2)c1. The van der Waals surface area contributed by atoms with Gasteiger partial charge in [0.1, 0.15) is 105 Å². The van der Waals surface area contributed by atoms with Gasteiger partial charge in [0.25, 0.3) is 17.5 Å². The third-order valence-electron chi connectivity index (χ3n) is 15.7. The fourth-order valence-corrected chi connectivity index (χ4v) is 11.4. The third-order valence-corrected chi connectivity index (χ3v) is 15.7. The molecule has 8 aromatic carbocycles. The molecular weight excluding hydrogens is 1230 g/mol. The van der Waals surface area contributed by atoms with Gasteiger partial charge in [-0.05, 0) is 177 Å².